The molecule has 0 fully saturated rings. The average Bonchev–Trinajstić information content (AvgIpc) is 3.12. The minimum Gasteiger partial charge on any atom is -0.462 e. The Bertz CT molecular complexity index is 809. The van der Waals surface area contributed by atoms with Crippen LogP contribution >= 0.6 is 0 Å². The van der Waals surface area contributed by atoms with Crippen LogP contribution < -0.4 is 0 Å². The van der Waals surface area contributed by atoms with E-state index in [1.165, 1.54) is 141 Å². The van der Waals surface area contributed by atoms with E-state index in [0.717, 1.165) is 69.6 Å². The van der Waals surface area contributed by atoms with Crippen molar-refractivity contribution in [3.8, 4) is 0 Å². The third kappa shape index (κ3) is 41.4. The molecule has 0 aromatic rings. The van der Waals surface area contributed by atoms with Gasteiger partial charge in [-0.1, -0.05) is 214 Å². The molecule has 53 heavy (non-hydrogen) atoms. The van der Waals surface area contributed by atoms with Crippen molar-refractivity contribution >= 4 is 17.9 Å². The van der Waals surface area contributed by atoms with Gasteiger partial charge in [0.15, 0.2) is 6.10 Å². The van der Waals surface area contributed by atoms with E-state index in [9.17, 15) is 14.4 Å². The summed E-state index contributed by atoms with van der Waals surface area (Å²) < 4.78 is 16.7. The van der Waals surface area contributed by atoms with E-state index in [0.29, 0.717) is 19.3 Å². The monoisotopic (exact) mass is 751 g/mol. The largest absolute Gasteiger partial charge is 0.462 e. The van der Waals surface area contributed by atoms with Gasteiger partial charge in [-0.25, -0.2) is 0 Å². The van der Waals surface area contributed by atoms with Gasteiger partial charge in [0, 0.05) is 19.3 Å². The number of unbranched alkanes of at least 4 members (excludes halogenated alkanes) is 26. The summed E-state index contributed by atoms with van der Waals surface area (Å²) in [5, 5.41) is 0. The number of hydrogen-bond acceptors (Lipinski definition) is 6. The summed E-state index contributed by atoms with van der Waals surface area (Å²) in [4.78, 5) is 37.7. The Balaban J connectivity index is 4.31. The summed E-state index contributed by atoms with van der Waals surface area (Å²) in [7, 11) is 0. The van der Waals surface area contributed by atoms with Crippen LogP contribution in [0, 0.1) is 11.8 Å². The minimum atomic E-state index is -0.760. The van der Waals surface area contributed by atoms with Crippen molar-refractivity contribution in [2.75, 3.05) is 13.2 Å². The van der Waals surface area contributed by atoms with Gasteiger partial charge in [-0.2, -0.15) is 0 Å². The third-order valence-corrected chi connectivity index (χ3v) is 10.5. The van der Waals surface area contributed by atoms with Gasteiger partial charge >= 0.3 is 17.9 Å². The van der Waals surface area contributed by atoms with Crippen LogP contribution in [0.1, 0.15) is 253 Å². The highest BCUT2D eigenvalue weighted by molar-refractivity contribution is 5.71. The Morgan fingerprint density at radius 2 is 0.623 bits per heavy atom. The second-order valence-electron chi connectivity index (χ2n) is 17.0. The summed E-state index contributed by atoms with van der Waals surface area (Å²) >= 11 is 0. The summed E-state index contributed by atoms with van der Waals surface area (Å²) in [6.45, 7) is 11.3. The van der Waals surface area contributed by atoms with E-state index in [2.05, 4.69) is 34.6 Å². The quantitative estimate of drug-likeness (QED) is 0.0352. The van der Waals surface area contributed by atoms with E-state index >= 15 is 0 Å². The third-order valence-electron chi connectivity index (χ3n) is 10.5. The Kier molecular flexibility index (Phi) is 38.9. The SMILES string of the molecule is CCCCCCCCCCCCCC(=O)OC[C@H](COC(=O)CCCCCCCCC(C)C)OC(=O)CCCCCCCCCCCCCCC(C)C. The second kappa shape index (κ2) is 40.1. The van der Waals surface area contributed by atoms with E-state index in [1.54, 1.807) is 0 Å². The molecule has 0 saturated heterocycles. The molecule has 1 atom stereocenters. The molecule has 314 valence electrons. The van der Waals surface area contributed by atoms with Gasteiger partial charge in [0.25, 0.3) is 0 Å². The molecule has 0 radical (unpaired) electrons. The topological polar surface area (TPSA) is 78.9 Å². The number of carbonyl (C=O) groups excluding carboxylic acids is 3. The molecule has 0 saturated carbocycles. The highest BCUT2D eigenvalue weighted by Gasteiger charge is 2.19. The number of carbonyl (C=O) groups is 3. The number of hydrogen-bond donors (Lipinski definition) is 0. The fraction of sp³-hybridized carbons (Fsp3) is 0.936. The van der Waals surface area contributed by atoms with Crippen LogP contribution in [0.5, 0.6) is 0 Å². The molecule has 0 N–H and O–H groups in total. The maximum absolute atomic E-state index is 12.7. The molecule has 0 aromatic carbocycles. The van der Waals surface area contributed by atoms with Crippen LogP contribution in [-0.4, -0.2) is 37.2 Å². The Hall–Kier alpha value is -1.59. The van der Waals surface area contributed by atoms with Crippen molar-refractivity contribution in [2.45, 2.75) is 259 Å². The van der Waals surface area contributed by atoms with Crippen molar-refractivity contribution in [3.63, 3.8) is 0 Å². The van der Waals surface area contributed by atoms with Gasteiger partial charge in [-0.3, -0.25) is 14.4 Å². The van der Waals surface area contributed by atoms with Crippen molar-refractivity contribution in [1.82, 2.24) is 0 Å². The van der Waals surface area contributed by atoms with Gasteiger partial charge in [-0.05, 0) is 31.1 Å². The molecule has 0 bridgehead atoms. The summed E-state index contributed by atoms with van der Waals surface area (Å²) in [5.41, 5.74) is 0. The lowest BCUT2D eigenvalue weighted by atomic mass is 10.0. The summed E-state index contributed by atoms with van der Waals surface area (Å²) in [6, 6.07) is 0. The maximum Gasteiger partial charge on any atom is 0.306 e. The molecule has 0 aliphatic rings. The Morgan fingerprint density at radius 3 is 0.925 bits per heavy atom. The van der Waals surface area contributed by atoms with Crippen molar-refractivity contribution in [2.24, 2.45) is 11.8 Å². The van der Waals surface area contributed by atoms with Gasteiger partial charge < -0.3 is 14.2 Å². The minimum absolute atomic E-state index is 0.0653. The van der Waals surface area contributed by atoms with Gasteiger partial charge in [0.05, 0.1) is 0 Å². The van der Waals surface area contributed by atoms with E-state index in [1.807, 2.05) is 0 Å². The van der Waals surface area contributed by atoms with E-state index in [-0.39, 0.29) is 31.1 Å². The fourth-order valence-electron chi connectivity index (χ4n) is 6.93. The lowest BCUT2D eigenvalue weighted by Crippen LogP contribution is -2.30. The van der Waals surface area contributed by atoms with E-state index < -0.39 is 6.10 Å². The average molecular weight is 751 g/mol. The molecule has 0 aliphatic carbocycles. The zero-order valence-electron chi connectivity index (χ0n) is 36.1. The molecule has 0 unspecified atom stereocenters. The van der Waals surface area contributed by atoms with Crippen LogP contribution in [-0.2, 0) is 28.6 Å². The van der Waals surface area contributed by atoms with Crippen LogP contribution in [0.3, 0.4) is 0 Å². The molecule has 6 heteroatoms. The molecular formula is C47H90O6. The van der Waals surface area contributed by atoms with Gasteiger partial charge in [0.1, 0.15) is 13.2 Å². The van der Waals surface area contributed by atoms with Crippen LogP contribution in [0.4, 0.5) is 0 Å². The number of esters is 3. The lowest BCUT2D eigenvalue weighted by Gasteiger charge is -2.18. The Labute approximate surface area is 329 Å². The number of rotatable bonds is 41. The van der Waals surface area contributed by atoms with Gasteiger partial charge in [0.2, 0.25) is 0 Å². The molecule has 6 nitrogen and oxygen atoms in total. The van der Waals surface area contributed by atoms with Crippen LogP contribution in [0.2, 0.25) is 0 Å². The first-order valence-electron chi connectivity index (χ1n) is 23.2. The highest BCUT2D eigenvalue weighted by Crippen LogP contribution is 2.16. The van der Waals surface area contributed by atoms with Crippen LogP contribution in [0.25, 0.3) is 0 Å². The molecule has 0 heterocycles. The maximum atomic E-state index is 12.7. The smallest absolute Gasteiger partial charge is 0.306 e. The first kappa shape index (κ1) is 51.4. The zero-order valence-corrected chi connectivity index (χ0v) is 36.1. The summed E-state index contributed by atoms with van der Waals surface area (Å²) in [5.74, 6) is 0.735. The van der Waals surface area contributed by atoms with Gasteiger partial charge in [-0.15, -0.1) is 0 Å². The first-order valence-corrected chi connectivity index (χ1v) is 23.2. The van der Waals surface area contributed by atoms with Crippen LogP contribution in [0.15, 0.2) is 0 Å². The molecular weight excluding hydrogens is 661 g/mol. The predicted molar refractivity (Wildman–Crippen MR) is 224 cm³/mol. The highest BCUT2D eigenvalue weighted by atomic mass is 16.6. The number of ether oxygens (including phenoxy) is 3. The fourth-order valence-corrected chi connectivity index (χ4v) is 6.93. The first-order chi connectivity index (χ1) is 25.7. The van der Waals surface area contributed by atoms with Crippen molar-refractivity contribution < 1.29 is 28.6 Å². The normalized spacial score (nSPS) is 12.1. The molecule has 0 amide bonds. The molecule has 0 aliphatic heterocycles. The van der Waals surface area contributed by atoms with E-state index in [4.69, 9.17) is 14.2 Å². The molecule has 0 aromatic heterocycles. The summed E-state index contributed by atoms with van der Waals surface area (Å²) in [6.07, 6.45) is 38.1. The standard InChI is InChI=1S/C47H90O6/c1-6-7-8-9-10-11-14-18-21-27-32-37-45(48)51-40-44(41-52-46(49)38-33-28-24-23-26-31-36-43(4)5)53-47(50)39-34-29-22-19-16-13-12-15-17-20-25-30-35-42(2)3/h42-44H,6-41H2,1-5H3/t44-/m1/s1. The predicted octanol–water partition coefficient (Wildman–Crippen LogP) is 14.6. The van der Waals surface area contributed by atoms with Crippen molar-refractivity contribution in [3.05, 3.63) is 0 Å². The molecule has 0 spiro atoms. The van der Waals surface area contributed by atoms with Crippen molar-refractivity contribution in [1.29, 1.82) is 0 Å². The lowest BCUT2D eigenvalue weighted by molar-refractivity contribution is -0.167. The zero-order chi connectivity index (χ0) is 39.0. The second-order valence-corrected chi connectivity index (χ2v) is 17.0. The Morgan fingerprint density at radius 1 is 0.358 bits per heavy atom. The molecule has 0 rings (SSSR count).